The molecule has 0 amide bonds. The van der Waals surface area contributed by atoms with Gasteiger partial charge in [0.2, 0.25) is 0 Å². The highest BCUT2D eigenvalue weighted by atomic mass is 32.2. The maximum atomic E-state index is 2.43. The van der Waals surface area contributed by atoms with E-state index < -0.39 is 0 Å². The topological polar surface area (TPSA) is 4.93 Å². The molecule has 0 spiro atoms. The van der Waals surface area contributed by atoms with Crippen molar-refractivity contribution in [2.24, 2.45) is 0 Å². The third-order valence-electron chi connectivity index (χ3n) is 8.40. The molecule has 0 N–H and O–H groups in total. The average molecular weight is 526 g/mol. The van der Waals surface area contributed by atoms with Crippen LogP contribution in [0.25, 0.3) is 71.3 Å². The number of hydrogen-bond acceptors (Lipinski definition) is 1. The number of nitrogens with zero attached hydrogens (tertiary/aromatic N) is 1. The van der Waals surface area contributed by atoms with Crippen LogP contribution in [-0.4, -0.2) is 4.57 Å². The first-order chi connectivity index (χ1) is 19.8. The lowest BCUT2D eigenvalue weighted by molar-refractivity contribution is 1.19. The third-order valence-corrected chi connectivity index (χ3v) is 9.53. The Morgan fingerprint density at radius 1 is 0.425 bits per heavy atom. The summed E-state index contributed by atoms with van der Waals surface area (Å²) in [4.78, 5) is 2.67. The number of fused-ring (bicyclic) bond motifs is 7. The van der Waals surface area contributed by atoms with Crippen LogP contribution in [-0.2, 0) is 0 Å². The van der Waals surface area contributed by atoms with Crippen molar-refractivity contribution in [3.63, 3.8) is 0 Å². The van der Waals surface area contributed by atoms with Crippen LogP contribution in [0.4, 0.5) is 0 Å². The van der Waals surface area contributed by atoms with Gasteiger partial charge in [0, 0.05) is 37.0 Å². The van der Waals surface area contributed by atoms with E-state index in [2.05, 4.69) is 144 Å². The van der Waals surface area contributed by atoms with Gasteiger partial charge in [-0.05, 0) is 63.4 Å². The summed E-state index contributed by atoms with van der Waals surface area (Å²) in [7, 11) is 0. The first-order valence-corrected chi connectivity index (χ1v) is 14.5. The number of hydrogen-bond donors (Lipinski definition) is 0. The van der Waals surface area contributed by atoms with Crippen LogP contribution in [0.3, 0.4) is 0 Å². The molecule has 0 atom stereocenters. The molecule has 186 valence electrons. The van der Waals surface area contributed by atoms with Crippen LogP contribution >= 0.6 is 11.8 Å². The lowest BCUT2D eigenvalue weighted by Gasteiger charge is -2.21. The van der Waals surface area contributed by atoms with E-state index in [0.717, 1.165) is 0 Å². The van der Waals surface area contributed by atoms with Gasteiger partial charge in [0.1, 0.15) is 0 Å². The van der Waals surface area contributed by atoms with Crippen molar-refractivity contribution in [3.8, 4) is 27.9 Å². The van der Waals surface area contributed by atoms with Gasteiger partial charge in [0.05, 0.1) is 11.0 Å². The fourth-order valence-electron chi connectivity index (χ4n) is 6.62. The summed E-state index contributed by atoms with van der Waals surface area (Å²) in [6.07, 6.45) is 0. The lowest BCUT2D eigenvalue weighted by Crippen LogP contribution is -1.95. The van der Waals surface area contributed by atoms with E-state index in [-0.39, 0.29) is 0 Å². The Bertz CT molecular complexity index is 2290. The summed E-state index contributed by atoms with van der Waals surface area (Å²) in [5.74, 6) is 0. The smallest absolute Gasteiger partial charge is 0.0619 e. The first kappa shape index (κ1) is 22.1. The molecule has 8 aromatic rings. The molecule has 40 heavy (non-hydrogen) atoms. The summed E-state index contributed by atoms with van der Waals surface area (Å²) >= 11 is 1.88. The summed E-state index contributed by atoms with van der Waals surface area (Å²) in [6.45, 7) is 0. The van der Waals surface area contributed by atoms with Gasteiger partial charge in [-0.15, -0.1) is 0 Å². The van der Waals surface area contributed by atoms with Crippen molar-refractivity contribution in [3.05, 3.63) is 140 Å². The zero-order valence-corrected chi connectivity index (χ0v) is 22.5. The van der Waals surface area contributed by atoms with E-state index >= 15 is 0 Å². The van der Waals surface area contributed by atoms with Gasteiger partial charge in [-0.3, -0.25) is 0 Å². The van der Waals surface area contributed by atoms with Crippen LogP contribution in [0.1, 0.15) is 0 Å². The van der Waals surface area contributed by atoms with Gasteiger partial charge >= 0.3 is 0 Å². The number of para-hydroxylation sites is 1. The van der Waals surface area contributed by atoms with E-state index in [1.54, 1.807) is 0 Å². The van der Waals surface area contributed by atoms with E-state index in [1.807, 2.05) is 11.8 Å². The quantitative estimate of drug-likeness (QED) is 0.217. The van der Waals surface area contributed by atoms with Crippen molar-refractivity contribution < 1.29 is 0 Å². The molecule has 1 aromatic heterocycles. The molecule has 1 aliphatic rings. The van der Waals surface area contributed by atoms with Crippen LogP contribution in [0.5, 0.6) is 0 Å². The van der Waals surface area contributed by atoms with Crippen molar-refractivity contribution in [2.75, 3.05) is 0 Å². The first-order valence-electron chi connectivity index (χ1n) is 13.7. The Morgan fingerprint density at radius 2 is 1.18 bits per heavy atom. The normalized spacial score (nSPS) is 12.4. The molecule has 0 aliphatic carbocycles. The molecule has 2 heterocycles. The Morgan fingerprint density at radius 3 is 2.10 bits per heavy atom. The molecular weight excluding hydrogens is 502 g/mol. The van der Waals surface area contributed by atoms with Gasteiger partial charge < -0.3 is 4.57 Å². The zero-order valence-electron chi connectivity index (χ0n) is 21.6. The minimum absolute atomic E-state index is 1.18. The Labute approximate surface area is 236 Å². The van der Waals surface area contributed by atoms with E-state index in [9.17, 15) is 0 Å². The average Bonchev–Trinajstić information content (AvgIpc) is 3.36. The summed E-state index contributed by atoms with van der Waals surface area (Å²) < 4.78 is 2.43. The third kappa shape index (κ3) is 3.05. The van der Waals surface area contributed by atoms with E-state index in [1.165, 1.54) is 81.1 Å². The molecule has 0 bridgehead atoms. The fraction of sp³-hybridized carbons (Fsp3) is 0. The van der Waals surface area contributed by atoms with Gasteiger partial charge in [0.15, 0.2) is 0 Å². The van der Waals surface area contributed by atoms with Crippen LogP contribution in [0, 0.1) is 0 Å². The minimum Gasteiger partial charge on any atom is -0.309 e. The molecule has 0 saturated heterocycles. The Hall–Kier alpha value is -4.79. The monoisotopic (exact) mass is 525 g/mol. The molecule has 7 aromatic carbocycles. The van der Waals surface area contributed by atoms with Crippen molar-refractivity contribution in [1.29, 1.82) is 0 Å². The molecule has 0 unspecified atom stereocenters. The van der Waals surface area contributed by atoms with E-state index in [4.69, 9.17) is 0 Å². The molecule has 9 rings (SSSR count). The van der Waals surface area contributed by atoms with E-state index in [0.29, 0.717) is 0 Å². The Balaban J connectivity index is 1.25. The fourth-order valence-corrected chi connectivity index (χ4v) is 7.75. The number of aromatic nitrogens is 1. The Kier molecular flexibility index (Phi) is 4.61. The predicted octanol–water partition coefficient (Wildman–Crippen LogP) is 10.9. The minimum atomic E-state index is 1.18. The molecule has 1 nitrogen and oxygen atoms in total. The maximum absolute atomic E-state index is 2.43. The molecule has 0 saturated carbocycles. The predicted molar refractivity (Wildman–Crippen MR) is 171 cm³/mol. The molecular formula is C38H23NS. The summed E-state index contributed by atoms with van der Waals surface area (Å²) in [6, 6.07) is 51.2. The van der Waals surface area contributed by atoms with Crippen LogP contribution in [0.15, 0.2) is 149 Å². The standard InChI is InChI=1S/C38H23NS/c1-2-9-28-24(8-1)18-21-33-29-10-3-5-14-34(29)39(38(28)33)26-19-16-25(17-20-26)27-22-23-36-37-31(27)12-7-13-32(37)30-11-4-6-15-35(30)40-36/h1-23H. The highest BCUT2D eigenvalue weighted by Gasteiger charge is 2.20. The molecule has 2 heteroatoms. The summed E-state index contributed by atoms with van der Waals surface area (Å²) in [5.41, 5.74) is 8.86. The zero-order chi connectivity index (χ0) is 26.2. The maximum Gasteiger partial charge on any atom is 0.0619 e. The second-order valence-electron chi connectivity index (χ2n) is 10.5. The van der Waals surface area contributed by atoms with Gasteiger partial charge in [-0.1, -0.05) is 121 Å². The van der Waals surface area contributed by atoms with Gasteiger partial charge in [-0.25, -0.2) is 0 Å². The van der Waals surface area contributed by atoms with Crippen molar-refractivity contribution in [2.45, 2.75) is 9.79 Å². The largest absolute Gasteiger partial charge is 0.309 e. The van der Waals surface area contributed by atoms with Crippen molar-refractivity contribution in [1.82, 2.24) is 4.57 Å². The lowest BCUT2D eigenvalue weighted by atomic mass is 9.92. The molecule has 0 radical (unpaired) electrons. The summed E-state index contributed by atoms with van der Waals surface area (Å²) in [5, 5.41) is 7.79. The highest BCUT2D eigenvalue weighted by molar-refractivity contribution is 7.99. The molecule has 1 aliphatic heterocycles. The van der Waals surface area contributed by atoms with Gasteiger partial charge in [0.25, 0.3) is 0 Å². The highest BCUT2D eigenvalue weighted by Crippen LogP contribution is 2.49. The SMILES string of the molecule is c1ccc2c(c1)Sc1ccc(-c3ccc(-n4c5ccccc5c5ccc6ccccc6c54)cc3)c3cccc-2c13. The molecule has 0 fully saturated rings. The number of rotatable bonds is 2. The van der Waals surface area contributed by atoms with Crippen LogP contribution < -0.4 is 0 Å². The van der Waals surface area contributed by atoms with Crippen LogP contribution in [0.2, 0.25) is 0 Å². The van der Waals surface area contributed by atoms with Gasteiger partial charge in [-0.2, -0.15) is 0 Å². The van der Waals surface area contributed by atoms with Crippen molar-refractivity contribution >= 4 is 55.1 Å². The number of benzene rings is 7. The second-order valence-corrected chi connectivity index (χ2v) is 11.6. The second kappa shape index (κ2) is 8.35.